The number of nitrogen functional groups attached to an aromatic ring is 1. The highest BCUT2D eigenvalue weighted by Crippen LogP contribution is 2.22. The molecule has 4 nitrogen and oxygen atoms in total. The van der Waals surface area contributed by atoms with Crippen molar-refractivity contribution in [3.05, 3.63) is 35.2 Å². The molecule has 0 bridgehead atoms. The number of nitrogens with one attached hydrogen (secondary N) is 1. The predicted octanol–water partition coefficient (Wildman–Crippen LogP) is 2.50. The molecule has 1 aliphatic carbocycles. The minimum Gasteiger partial charge on any atom is -0.396 e. The molecule has 0 saturated carbocycles. The number of sulfonamides is 1. The first-order valence-electron chi connectivity index (χ1n) is 6.63. The fourth-order valence-corrected chi connectivity index (χ4v) is 3.46. The van der Waals surface area contributed by atoms with Gasteiger partial charge in [-0.2, -0.15) is 0 Å². The van der Waals surface area contributed by atoms with E-state index in [1.54, 1.807) is 0 Å². The number of benzene rings is 1. The third kappa shape index (κ3) is 3.37. The first-order valence-corrected chi connectivity index (χ1v) is 8.11. The second kappa shape index (κ2) is 5.93. The predicted molar refractivity (Wildman–Crippen MR) is 77.3 cm³/mol. The van der Waals surface area contributed by atoms with Crippen LogP contribution >= 0.6 is 0 Å². The minimum atomic E-state index is -3.64. The first-order chi connectivity index (χ1) is 9.40. The molecule has 1 aliphatic rings. The second-order valence-electron chi connectivity index (χ2n) is 5.05. The summed E-state index contributed by atoms with van der Waals surface area (Å²) in [7, 11) is -3.64. The average Bonchev–Trinajstić information content (AvgIpc) is 2.88. The van der Waals surface area contributed by atoms with Gasteiger partial charge in [0.2, 0.25) is 10.0 Å². The van der Waals surface area contributed by atoms with Gasteiger partial charge in [0.15, 0.2) is 0 Å². The zero-order valence-electron chi connectivity index (χ0n) is 11.4. The summed E-state index contributed by atoms with van der Waals surface area (Å²) >= 11 is 0. The summed E-state index contributed by atoms with van der Waals surface area (Å²) in [5.74, 6) is -0.569. The van der Waals surface area contributed by atoms with E-state index in [4.69, 9.17) is 5.73 Å². The summed E-state index contributed by atoms with van der Waals surface area (Å²) in [4.78, 5) is 0.00861. The van der Waals surface area contributed by atoms with Crippen LogP contribution in [0, 0.1) is 12.7 Å². The summed E-state index contributed by atoms with van der Waals surface area (Å²) in [6.07, 6.45) is 6.15. The summed E-state index contributed by atoms with van der Waals surface area (Å²) in [5, 5.41) is 0. The molecule has 2 rings (SSSR count). The molecule has 0 aliphatic heterocycles. The van der Waals surface area contributed by atoms with Gasteiger partial charge in [-0.3, -0.25) is 0 Å². The van der Waals surface area contributed by atoms with Crippen LogP contribution in [0.3, 0.4) is 0 Å². The second-order valence-corrected chi connectivity index (χ2v) is 6.81. The van der Waals surface area contributed by atoms with Crippen LogP contribution in [0.1, 0.15) is 31.2 Å². The van der Waals surface area contributed by atoms with Gasteiger partial charge in [0.1, 0.15) is 5.82 Å². The first kappa shape index (κ1) is 15.0. The summed E-state index contributed by atoms with van der Waals surface area (Å²) in [6, 6.07) is 2.45. The number of hydrogen-bond acceptors (Lipinski definition) is 3. The number of aryl methyl sites for hydroxylation is 1. The lowest BCUT2D eigenvalue weighted by atomic mass is 10.2. The Morgan fingerprint density at radius 3 is 2.75 bits per heavy atom. The number of halogens is 1. The SMILES string of the molecule is Cc1cc(S(=O)(=O)NCCC2=CCCC2)cc(N)c1F. The molecule has 0 unspecified atom stereocenters. The molecule has 0 amide bonds. The molecule has 0 radical (unpaired) electrons. The smallest absolute Gasteiger partial charge is 0.240 e. The van der Waals surface area contributed by atoms with Crippen molar-refractivity contribution < 1.29 is 12.8 Å². The molecule has 1 aromatic rings. The molecule has 110 valence electrons. The molecule has 0 spiro atoms. The topological polar surface area (TPSA) is 72.2 Å². The Hall–Kier alpha value is -1.40. The van der Waals surface area contributed by atoms with Crippen LogP contribution in [0.5, 0.6) is 0 Å². The van der Waals surface area contributed by atoms with E-state index in [1.807, 2.05) is 0 Å². The number of nitrogens with two attached hydrogens (primary N) is 1. The lowest BCUT2D eigenvalue weighted by Gasteiger charge is -2.09. The van der Waals surface area contributed by atoms with Gasteiger partial charge in [0.05, 0.1) is 10.6 Å². The highest BCUT2D eigenvalue weighted by atomic mass is 32.2. The monoisotopic (exact) mass is 298 g/mol. The maximum absolute atomic E-state index is 13.4. The number of rotatable bonds is 5. The molecule has 0 atom stereocenters. The fraction of sp³-hybridized carbons (Fsp3) is 0.429. The quantitative estimate of drug-likeness (QED) is 0.648. The maximum Gasteiger partial charge on any atom is 0.240 e. The van der Waals surface area contributed by atoms with Crippen molar-refractivity contribution in [2.45, 2.75) is 37.5 Å². The minimum absolute atomic E-state index is 0.00861. The molecule has 0 heterocycles. The largest absolute Gasteiger partial charge is 0.396 e. The molecule has 3 N–H and O–H groups in total. The summed E-state index contributed by atoms with van der Waals surface area (Å²) in [6.45, 7) is 1.85. The summed E-state index contributed by atoms with van der Waals surface area (Å²) < 4.78 is 40.2. The Morgan fingerprint density at radius 2 is 2.15 bits per heavy atom. The Balaban J connectivity index is 2.06. The van der Waals surface area contributed by atoms with Crippen molar-refractivity contribution in [3.8, 4) is 0 Å². The van der Waals surface area contributed by atoms with Gasteiger partial charge in [-0.05, 0) is 50.3 Å². The van der Waals surface area contributed by atoms with Crippen molar-refractivity contribution in [2.24, 2.45) is 0 Å². The van der Waals surface area contributed by atoms with E-state index < -0.39 is 15.8 Å². The van der Waals surface area contributed by atoms with Crippen molar-refractivity contribution in [1.29, 1.82) is 0 Å². The Morgan fingerprint density at radius 1 is 1.40 bits per heavy atom. The van der Waals surface area contributed by atoms with Crippen LogP contribution in [-0.4, -0.2) is 15.0 Å². The van der Waals surface area contributed by atoms with E-state index in [1.165, 1.54) is 18.6 Å². The van der Waals surface area contributed by atoms with Crippen LogP contribution in [0.2, 0.25) is 0 Å². The van der Waals surface area contributed by atoms with Crippen LogP contribution in [0.4, 0.5) is 10.1 Å². The molecule has 1 aromatic carbocycles. The summed E-state index contributed by atoms with van der Waals surface area (Å²) in [5.41, 5.74) is 6.84. The van der Waals surface area contributed by atoms with Gasteiger partial charge in [0.25, 0.3) is 0 Å². The molecule has 6 heteroatoms. The highest BCUT2D eigenvalue weighted by Gasteiger charge is 2.17. The molecular weight excluding hydrogens is 279 g/mol. The van der Waals surface area contributed by atoms with Crippen molar-refractivity contribution >= 4 is 15.7 Å². The third-order valence-corrected chi connectivity index (χ3v) is 4.88. The van der Waals surface area contributed by atoms with Crippen LogP contribution in [-0.2, 0) is 10.0 Å². The zero-order valence-corrected chi connectivity index (χ0v) is 12.3. The van der Waals surface area contributed by atoms with E-state index in [0.717, 1.165) is 31.7 Å². The average molecular weight is 298 g/mol. The molecule has 0 aromatic heterocycles. The number of hydrogen-bond donors (Lipinski definition) is 2. The maximum atomic E-state index is 13.4. The van der Waals surface area contributed by atoms with Gasteiger partial charge in [-0.25, -0.2) is 17.5 Å². The normalized spacial score (nSPS) is 15.4. The fourth-order valence-electron chi connectivity index (χ4n) is 2.31. The molecule has 0 saturated heterocycles. The standard InChI is InChI=1S/C14H19FN2O2S/c1-10-8-12(9-13(16)14(10)15)20(18,19)17-7-6-11-4-2-3-5-11/h4,8-9,17H,2-3,5-7,16H2,1H3. The molecule has 0 fully saturated rings. The van der Waals surface area contributed by atoms with Gasteiger partial charge < -0.3 is 5.73 Å². The lowest BCUT2D eigenvalue weighted by Crippen LogP contribution is -2.25. The van der Waals surface area contributed by atoms with Crippen LogP contribution in [0.15, 0.2) is 28.7 Å². The van der Waals surface area contributed by atoms with E-state index in [-0.39, 0.29) is 16.1 Å². The third-order valence-electron chi connectivity index (χ3n) is 3.44. The molecular formula is C14H19FN2O2S. The highest BCUT2D eigenvalue weighted by molar-refractivity contribution is 7.89. The van der Waals surface area contributed by atoms with Gasteiger partial charge >= 0.3 is 0 Å². The van der Waals surface area contributed by atoms with E-state index in [2.05, 4.69) is 10.8 Å². The molecule has 20 heavy (non-hydrogen) atoms. The van der Waals surface area contributed by atoms with Crippen molar-refractivity contribution in [2.75, 3.05) is 12.3 Å². The zero-order chi connectivity index (χ0) is 14.8. The number of allylic oxidation sites excluding steroid dienone is 1. The van der Waals surface area contributed by atoms with E-state index in [9.17, 15) is 12.8 Å². The van der Waals surface area contributed by atoms with Crippen molar-refractivity contribution in [1.82, 2.24) is 4.72 Å². The van der Waals surface area contributed by atoms with Gasteiger partial charge in [-0.15, -0.1) is 0 Å². The van der Waals surface area contributed by atoms with E-state index in [0.29, 0.717) is 6.54 Å². The van der Waals surface area contributed by atoms with Crippen molar-refractivity contribution in [3.63, 3.8) is 0 Å². The Labute approximate surface area is 118 Å². The van der Waals surface area contributed by atoms with E-state index >= 15 is 0 Å². The van der Waals surface area contributed by atoms with Crippen LogP contribution in [0.25, 0.3) is 0 Å². The Kier molecular flexibility index (Phi) is 4.45. The lowest BCUT2D eigenvalue weighted by molar-refractivity contribution is 0.580. The Bertz CT molecular complexity index is 616. The van der Waals surface area contributed by atoms with Gasteiger partial charge in [-0.1, -0.05) is 11.6 Å². The van der Waals surface area contributed by atoms with Gasteiger partial charge in [0, 0.05) is 6.54 Å². The number of anilines is 1. The van der Waals surface area contributed by atoms with Crippen LogP contribution < -0.4 is 10.5 Å².